The van der Waals surface area contributed by atoms with E-state index in [0.29, 0.717) is 6.42 Å². The molecule has 1 amide bonds. The standard InChI is InChI=1S/C21H20N4O/c26-20-10-6-14-25(20)17-11-12-19(23-15-17)24-21(16-7-2-1-3-8-16)18-9-4-5-13-22-18/h1-5,7-9,11-13,15,21H,6,10,14H2,(H,23,24). The van der Waals surface area contributed by atoms with E-state index in [0.717, 1.165) is 35.7 Å². The summed E-state index contributed by atoms with van der Waals surface area (Å²) in [6.45, 7) is 0.772. The summed E-state index contributed by atoms with van der Waals surface area (Å²) in [5.41, 5.74) is 2.90. The van der Waals surface area contributed by atoms with Crippen LogP contribution in [-0.2, 0) is 4.79 Å². The Morgan fingerprint density at radius 3 is 2.46 bits per heavy atom. The second kappa shape index (κ2) is 7.35. The van der Waals surface area contributed by atoms with Gasteiger partial charge in [-0.2, -0.15) is 0 Å². The first-order valence-corrected chi connectivity index (χ1v) is 8.80. The van der Waals surface area contributed by atoms with Gasteiger partial charge in [-0.3, -0.25) is 9.78 Å². The monoisotopic (exact) mass is 344 g/mol. The normalized spacial score (nSPS) is 15.1. The van der Waals surface area contributed by atoms with Crippen molar-refractivity contribution in [1.82, 2.24) is 9.97 Å². The largest absolute Gasteiger partial charge is 0.358 e. The molecule has 5 heteroatoms. The highest BCUT2D eigenvalue weighted by molar-refractivity contribution is 5.95. The Morgan fingerprint density at radius 1 is 0.962 bits per heavy atom. The van der Waals surface area contributed by atoms with Crippen LogP contribution in [0.5, 0.6) is 0 Å². The van der Waals surface area contributed by atoms with E-state index in [1.807, 2.05) is 48.5 Å². The first kappa shape index (κ1) is 16.3. The van der Waals surface area contributed by atoms with Crippen LogP contribution in [0.15, 0.2) is 73.1 Å². The van der Waals surface area contributed by atoms with E-state index in [2.05, 4.69) is 27.4 Å². The lowest BCUT2D eigenvalue weighted by molar-refractivity contribution is -0.117. The maximum Gasteiger partial charge on any atom is 0.227 e. The highest BCUT2D eigenvalue weighted by Gasteiger charge is 2.22. The van der Waals surface area contributed by atoms with Gasteiger partial charge in [0.15, 0.2) is 0 Å². The fraction of sp³-hybridized carbons (Fsp3) is 0.190. The first-order valence-electron chi connectivity index (χ1n) is 8.80. The molecule has 1 fully saturated rings. The zero-order chi connectivity index (χ0) is 17.8. The molecule has 0 aliphatic carbocycles. The third kappa shape index (κ3) is 3.42. The van der Waals surface area contributed by atoms with Gasteiger partial charge >= 0.3 is 0 Å². The SMILES string of the molecule is O=C1CCCN1c1ccc(NC(c2ccccc2)c2ccccn2)nc1. The number of carbonyl (C=O) groups is 1. The number of hydrogen-bond donors (Lipinski definition) is 1. The molecule has 1 unspecified atom stereocenters. The Labute approximate surface area is 152 Å². The summed E-state index contributed by atoms with van der Waals surface area (Å²) < 4.78 is 0. The third-order valence-corrected chi connectivity index (χ3v) is 4.54. The lowest BCUT2D eigenvalue weighted by Crippen LogP contribution is -2.23. The predicted molar refractivity (Wildman–Crippen MR) is 102 cm³/mol. The van der Waals surface area contributed by atoms with Gasteiger partial charge in [-0.15, -0.1) is 0 Å². The smallest absolute Gasteiger partial charge is 0.227 e. The summed E-state index contributed by atoms with van der Waals surface area (Å²) in [5, 5.41) is 3.46. The minimum atomic E-state index is -0.0934. The summed E-state index contributed by atoms with van der Waals surface area (Å²) in [7, 11) is 0. The zero-order valence-electron chi connectivity index (χ0n) is 14.4. The minimum Gasteiger partial charge on any atom is -0.358 e. The zero-order valence-corrected chi connectivity index (χ0v) is 14.4. The summed E-state index contributed by atoms with van der Waals surface area (Å²) in [5.74, 6) is 0.919. The number of anilines is 2. The number of nitrogens with zero attached hydrogens (tertiary/aromatic N) is 3. The molecule has 0 spiro atoms. The van der Waals surface area contributed by atoms with E-state index in [1.165, 1.54) is 0 Å². The molecule has 5 nitrogen and oxygen atoms in total. The number of hydrogen-bond acceptors (Lipinski definition) is 4. The second-order valence-corrected chi connectivity index (χ2v) is 6.29. The Bertz CT molecular complexity index is 826. The number of benzene rings is 1. The molecule has 1 aliphatic rings. The molecule has 0 saturated carbocycles. The van der Waals surface area contributed by atoms with Crippen LogP contribution < -0.4 is 10.2 Å². The Balaban J connectivity index is 1.59. The molecule has 130 valence electrons. The molecule has 4 rings (SSSR count). The van der Waals surface area contributed by atoms with Crippen molar-refractivity contribution >= 4 is 17.4 Å². The number of nitrogens with one attached hydrogen (secondary N) is 1. The second-order valence-electron chi connectivity index (χ2n) is 6.29. The van der Waals surface area contributed by atoms with Crippen molar-refractivity contribution in [2.75, 3.05) is 16.8 Å². The van der Waals surface area contributed by atoms with Gasteiger partial charge in [0.2, 0.25) is 5.91 Å². The van der Waals surface area contributed by atoms with Crippen LogP contribution in [0.3, 0.4) is 0 Å². The van der Waals surface area contributed by atoms with Crippen molar-refractivity contribution in [2.45, 2.75) is 18.9 Å². The first-order chi connectivity index (χ1) is 12.8. The molecule has 1 aliphatic heterocycles. The molecule has 2 aromatic heterocycles. The van der Waals surface area contributed by atoms with Gasteiger partial charge in [0, 0.05) is 19.2 Å². The quantitative estimate of drug-likeness (QED) is 0.765. The van der Waals surface area contributed by atoms with Crippen LogP contribution in [0.1, 0.15) is 30.1 Å². The number of amides is 1. The maximum absolute atomic E-state index is 11.9. The summed E-state index contributed by atoms with van der Waals surface area (Å²) in [6, 6.07) is 19.8. The average molecular weight is 344 g/mol. The summed E-state index contributed by atoms with van der Waals surface area (Å²) in [4.78, 5) is 22.7. The summed E-state index contributed by atoms with van der Waals surface area (Å²) >= 11 is 0. The molecule has 3 heterocycles. The van der Waals surface area contributed by atoms with Crippen LogP contribution in [-0.4, -0.2) is 22.4 Å². The van der Waals surface area contributed by atoms with Crippen LogP contribution in [0.25, 0.3) is 0 Å². The van der Waals surface area contributed by atoms with Crippen molar-refractivity contribution in [2.24, 2.45) is 0 Å². The fourth-order valence-corrected chi connectivity index (χ4v) is 3.22. The van der Waals surface area contributed by atoms with E-state index in [1.54, 1.807) is 17.3 Å². The third-order valence-electron chi connectivity index (χ3n) is 4.54. The van der Waals surface area contributed by atoms with Gasteiger partial charge < -0.3 is 10.2 Å². The van der Waals surface area contributed by atoms with E-state index < -0.39 is 0 Å². The molecule has 1 N–H and O–H groups in total. The van der Waals surface area contributed by atoms with Crippen molar-refractivity contribution in [3.8, 4) is 0 Å². The van der Waals surface area contributed by atoms with Gasteiger partial charge in [0.25, 0.3) is 0 Å². The molecule has 1 atom stereocenters. The van der Waals surface area contributed by atoms with Gasteiger partial charge in [-0.25, -0.2) is 4.98 Å². The van der Waals surface area contributed by atoms with Crippen molar-refractivity contribution in [1.29, 1.82) is 0 Å². The lowest BCUT2D eigenvalue weighted by Gasteiger charge is -2.20. The van der Waals surface area contributed by atoms with Crippen molar-refractivity contribution in [3.05, 3.63) is 84.3 Å². The minimum absolute atomic E-state index is 0.0934. The number of aromatic nitrogens is 2. The van der Waals surface area contributed by atoms with Crippen LogP contribution in [0, 0.1) is 0 Å². The Kier molecular flexibility index (Phi) is 4.60. The number of carbonyl (C=O) groups excluding carboxylic acids is 1. The van der Waals surface area contributed by atoms with E-state index in [-0.39, 0.29) is 11.9 Å². The van der Waals surface area contributed by atoms with E-state index in [4.69, 9.17) is 0 Å². The molecule has 0 radical (unpaired) electrons. The predicted octanol–water partition coefficient (Wildman–Crippen LogP) is 3.80. The number of rotatable bonds is 5. The number of pyridine rings is 2. The van der Waals surface area contributed by atoms with Crippen molar-refractivity contribution < 1.29 is 4.79 Å². The van der Waals surface area contributed by atoms with Crippen LogP contribution in [0.2, 0.25) is 0 Å². The molecule has 0 bridgehead atoms. The van der Waals surface area contributed by atoms with Gasteiger partial charge in [0.05, 0.1) is 23.6 Å². The molecule has 1 saturated heterocycles. The molecular formula is C21H20N4O. The lowest BCUT2D eigenvalue weighted by atomic mass is 10.0. The molecule has 1 aromatic carbocycles. The topological polar surface area (TPSA) is 58.1 Å². The van der Waals surface area contributed by atoms with E-state index in [9.17, 15) is 4.79 Å². The average Bonchev–Trinajstić information content (AvgIpc) is 3.14. The molecule has 26 heavy (non-hydrogen) atoms. The van der Waals surface area contributed by atoms with Crippen LogP contribution in [0.4, 0.5) is 11.5 Å². The highest BCUT2D eigenvalue weighted by atomic mass is 16.2. The van der Waals surface area contributed by atoms with Gasteiger partial charge in [0.1, 0.15) is 5.82 Å². The maximum atomic E-state index is 11.9. The Morgan fingerprint density at radius 2 is 1.81 bits per heavy atom. The highest BCUT2D eigenvalue weighted by Crippen LogP contribution is 2.26. The summed E-state index contributed by atoms with van der Waals surface area (Å²) in [6.07, 6.45) is 5.08. The van der Waals surface area contributed by atoms with Gasteiger partial charge in [-0.05, 0) is 36.2 Å². The van der Waals surface area contributed by atoms with Crippen LogP contribution >= 0.6 is 0 Å². The van der Waals surface area contributed by atoms with Gasteiger partial charge in [-0.1, -0.05) is 36.4 Å². The Hall–Kier alpha value is -3.21. The van der Waals surface area contributed by atoms with E-state index >= 15 is 0 Å². The van der Waals surface area contributed by atoms with Crippen molar-refractivity contribution in [3.63, 3.8) is 0 Å². The fourth-order valence-electron chi connectivity index (χ4n) is 3.22. The molecular weight excluding hydrogens is 324 g/mol. The molecule has 3 aromatic rings.